The lowest BCUT2D eigenvalue weighted by Crippen LogP contribution is -2.45. The Balaban J connectivity index is 4.16. The highest BCUT2D eigenvalue weighted by atomic mass is 16.1. The highest BCUT2D eigenvalue weighted by Crippen LogP contribution is 1.99. The minimum atomic E-state index is -0.371. The Morgan fingerprint density at radius 1 is 1.43 bits per heavy atom. The van der Waals surface area contributed by atoms with Crippen LogP contribution in [0.25, 0.3) is 0 Å². The first-order chi connectivity index (χ1) is 6.20. The van der Waals surface area contributed by atoms with E-state index in [1.807, 2.05) is 20.8 Å². The number of hydrogen-bond acceptors (Lipinski definition) is 2. The van der Waals surface area contributed by atoms with Crippen LogP contribution in [0.3, 0.4) is 0 Å². The number of amides is 1. The van der Waals surface area contributed by atoms with Gasteiger partial charge in [0.25, 0.3) is 0 Å². The summed E-state index contributed by atoms with van der Waals surface area (Å²) in [4.78, 5) is 14.7. The Bertz CT molecular complexity index is 229. The molecule has 0 radical (unpaired) electrons. The number of nitrogens with zero attached hydrogens (tertiary/aromatic N) is 1. The Hall–Kier alpha value is -1.26. The average molecular weight is 200 g/mol. The maximum atomic E-state index is 10.6. The molecule has 0 aliphatic heterocycles. The van der Waals surface area contributed by atoms with Gasteiger partial charge in [-0.15, -0.1) is 0 Å². The largest absolute Gasteiger partial charge is 0.370 e. The van der Waals surface area contributed by atoms with E-state index >= 15 is 0 Å². The van der Waals surface area contributed by atoms with Crippen LogP contribution in [0.15, 0.2) is 4.99 Å². The summed E-state index contributed by atoms with van der Waals surface area (Å²) >= 11 is 0. The minimum Gasteiger partial charge on any atom is -0.370 e. The van der Waals surface area contributed by atoms with Crippen LogP contribution in [0, 0.1) is 0 Å². The fraction of sp³-hybridized carbons (Fsp3) is 0.778. The molecule has 82 valence electrons. The Labute approximate surface area is 84.9 Å². The number of aliphatic imine (C=N–C) groups is 1. The molecule has 5 N–H and O–H groups in total. The van der Waals surface area contributed by atoms with Gasteiger partial charge in [-0.05, 0) is 27.7 Å². The molecule has 1 unspecified atom stereocenters. The molecule has 5 heteroatoms. The average Bonchev–Trinajstić information content (AvgIpc) is 1.77. The molecule has 1 amide bonds. The molecule has 0 heterocycles. The normalized spacial score (nSPS) is 15.0. The van der Waals surface area contributed by atoms with Gasteiger partial charge >= 0.3 is 0 Å². The number of hydrogen-bond donors (Lipinski definition) is 3. The van der Waals surface area contributed by atoms with Gasteiger partial charge in [-0.2, -0.15) is 0 Å². The Morgan fingerprint density at radius 3 is 2.29 bits per heavy atom. The topological polar surface area (TPSA) is 93.5 Å². The fourth-order valence-electron chi connectivity index (χ4n) is 0.991. The van der Waals surface area contributed by atoms with Crippen molar-refractivity contribution in [3.8, 4) is 0 Å². The molecule has 0 aromatic heterocycles. The number of carbonyl (C=O) groups is 1. The van der Waals surface area contributed by atoms with Crippen LogP contribution < -0.4 is 16.8 Å². The number of guanidine groups is 1. The number of nitrogens with two attached hydrogens (primary N) is 2. The highest BCUT2D eigenvalue weighted by molar-refractivity contribution is 5.79. The fourth-order valence-corrected chi connectivity index (χ4v) is 0.991. The zero-order valence-electron chi connectivity index (χ0n) is 9.29. The van der Waals surface area contributed by atoms with E-state index in [4.69, 9.17) is 11.5 Å². The van der Waals surface area contributed by atoms with Gasteiger partial charge in [-0.1, -0.05) is 0 Å². The van der Waals surface area contributed by atoms with E-state index < -0.39 is 0 Å². The predicted octanol–water partition coefficient (Wildman–Crippen LogP) is -0.0469. The minimum absolute atomic E-state index is 0.125. The third-order valence-corrected chi connectivity index (χ3v) is 1.36. The second-order valence-electron chi connectivity index (χ2n) is 4.41. The molecule has 0 saturated carbocycles. The van der Waals surface area contributed by atoms with Crippen LogP contribution in [-0.4, -0.2) is 23.4 Å². The first kappa shape index (κ1) is 12.7. The first-order valence-corrected chi connectivity index (χ1v) is 4.60. The van der Waals surface area contributed by atoms with Crippen molar-refractivity contribution in [2.24, 2.45) is 16.5 Å². The predicted molar refractivity (Wildman–Crippen MR) is 57.8 cm³/mol. The molecule has 0 bridgehead atoms. The molecule has 0 saturated heterocycles. The highest BCUT2D eigenvalue weighted by Gasteiger charge is 2.11. The maximum absolute atomic E-state index is 10.6. The molecule has 0 aliphatic rings. The van der Waals surface area contributed by atoms with Gasteiger partial charge < -0.3 is 16.8 Å². The number of primary amides is 1. The van der Waals surface area contributed by atoms with E-state index in [-0.39, 0.29) is 23.9 Å². The quantitative estimate of drug-likeness (QED) is 0.440. The second kappa shape index (κ2) is 4.83. The Kier molecular flexibility index (Phi) is 4.40. The molecule has 0 rings (SSSR count). The smallest absolute Gasteiger partial charge is 0.219 e. The van der Waals surface area contributed by atoms with Crippen molar-refractivity contribution >= 4 is 11.9 Å². The van der Waals surface area contributed by atoms with Crippen LogP contribution in [0.4, 0.5) is 0 Å². The lowest BCUT2D eigenvalue weighted by molar-refractivity contribution is -0.118. The first-order valence-electron chi connectivity index (χ1n) is 4.60. The number of rotatable bonds is 3. The van der Waals surface area contributed by atoms with E-state index in [1.54, 1.807) is 6.92 Å². The van der Waals surface area contributed by atoms with Gasteiger partial charge in [0.05, 0.1) is 6.04 Å². The third-order valence-electron chi connectivity index (χ3n) is 1.36. The van der Waals surface area contributed by atoms with Crippen molar-refractivity contribution in [3.05, 3.63) is 0 Å². The lowest BCUT2D eigenvalue weighted by Gasteiger charge is -2.21. The molecule has 0 fully saturated rings. The zero-order chi connectivity index (χ0) is 11.4. The second-order valence-corrected chi connectivity index (χ2v) is 4.41. The van der Waals surface area contributed by atoms with E-state index in [0.29, 0.717) is 5.96 Å². The summed E-state index contributed by atoms with van der Waals surface area (Å²) in [6.07, 6.45) is 0.215. The van der Waals surface area contributed by atoms with E-state index in [1.165, 1.54) is 0 Å². The van der Waals surface area contributed by atoms with Crippen molar-refractivity contribution in [3.63, 3.8) is 0 Å². The molecule has 0 spiro atoms. The molecule has 1 atom stereocenters. The van der Waals surface area contributed by atoms with Crippen molar-refractivity contribution < 1.29 is 4.79 Å². The molecule has 0 aliphatic carbocycles. The zero-order valence-corrected chi connectivity index (χ0v) is 9.29. The molecule has 0 aromatic carbocycles. The standard InChI is InChI=1S/C9H20N4O/c1-6(5-7(10)14)12-8(11)13-9(2,3)4/h6H,5H2,1-4H3,(H2,10,14)(H3,11,12,13). The summed E-state index contributed by atoms with van der Waals surface area (Å²) in [5, 5.41) is 3.00. The summed E-state index contributed by atoms with van der Waals surface area (Å²) < 4.78 is 0. The number of nitrogens with one attached hydrogen (secondary N) is 1. The van der Waals surface area contributed by atoms with Crippen LogP contribution in [0.1, 0.15) is 34.1 Å². The van der Waals surface area contributed by atoms with Crippen molar-refractivity contribution in [1.82, 2.24) is 5.32 Å². The lowest BCUT2D eigenvalue weighted by atomic mass is 10.1. The molecular formula is C9H20N4O. The van der Waals surface area contributed by atoms with Gasteiger partial charge in [0.1, 0.15) is 0 Å². The summed E-state index contributed by atoms with van der Waals surface area (Å²) in [5.74, 6) is -0.0314. The van der Waals surface area contributed by atoms with Crippen LogP contribution >= 0.6 is 0 Å². The van der Waals surface area contributed by atoms with Crippen molar-refractivity contribution in [2.45, 2.75) is 45.7 Å². The van der Waals surface area contributed by atoms with Crippen LogP contribution in [0.2, 0.25) is 0 Å². The third kappa shape index (κ3) is 7.39. The summed E-state index contributed by atoms with van der Waals surface area (Å²) in [6, 6.07) is -0.178. The summed E-state index contributed by atoms with van der Waals surface area (Å²) in [5.41, 5.74) is 10.5. The monoisotopic (exact) mass is 200 g/mol. The van der Waals surface area contributed by atoms with E-state index in [2.05, 4.69) is 10.3 Å². The van der Waals surface area contributed by atoms with E-state index in [9.17, 15) is 4.79 Å². The van der Waals surface area contributed by atoms with Crippen LogP contribution in [-0.2, 0) is 4.79 Å². The molecular weight excluding hydrogens is 180 g/mol. The van der Waals surface area contributed by atoms with Crippen LogP contribution in [0.5, 0.6) is 0 Å². The van der Waals surface area contributed by atoms with Crippen molar-refractivity contribution in [2.75, 3.05) is 0 Å². The SMILES string of the molecule is CC(CC(N)=O)N=C(N)NC(C)(C)C. The van der Waals surface area contributed by atoms with Crippen molar-refractivity contribution in [1.29, 1.82) is 0 Å². The van der Waals surface area contributed by atoms with Gasteiger partial charge in [-0.3, -0.25) is 4.79 Å². The maximum Gasteiger partial charge on any atom is 0.219 e. The molecule has 5 nitrogen and oxygen atoms in total. The summed E-state index contributed by atoms with van der Waals surface area (Å²) in [7, 11) is 0. The number of carbonyl (C=O) groups excluding carboxylic acids is 1. The molecule has 14 heavy (non-hydrogen) atoms. The molecule has 0 aromatic rings. The van der Waals surface area contributed by atoms with Gasteiger partial charge in [0, 0.05) is 12.0 Å². The van der Waals surface area contributed by atoms with Gasteiger partial charge in [0.15, 0.2) is 5.96 Å². The van der Waals surface area contributed by atoms with Gasteiger partial charge in [-0.25, -0.2) is 4.99 Å². The van der Waals surface area contributed by atoms with E-state index in [0.717, 1.165) is 0 Å². The Morgan fingerprint density at radius 2 is 1.93 bits per heavy atom. The summed E-state index contributed by atoms with van der Waals surface area (Å²) in [6.45, 7) is 7.73. The van der Waals surface area contributed by atoms with Gasteiger partial charge in [0.2, 0.25) is 5.91 Å².